The van der Waals surface area contributed by atoms with Crippen molar-refractivity contribution in [1.29, 1.82) is 0 Å². The predicted octanol–water partition coefficient (Wildman–Crippen LogP) is 1.85. The molecule has 1 saturated carbocycles. The van der Waals surface area contributed by atoms with Crippen LogP contribution in [0.3, 0.4) is 0 Å². The SMILES string of the molecule is COCC1(CNC(=O)NC(C)CSC)CCC1. The molecule has 2 N–H and O–H groups in total. The average molecular weight is 260 g/mol. The molecule has 17 heavy (non-hydrogen) atoms. The van der Waals surface area contributed by atoms with Crippen molar-refractivity contribution < 1.29 is 9.53 Å². The van der Waals surface area contributed by atoms with E-state index in [1.165, 1.54) is 6.42 Å². The van der Waals surface area contributed by atoms with Crippen LogP contribution in [0.25, 0.3) is 0 Å². The highest BCUT2D eigenvalue weighted by atomic mass is 32.2. The van der Waals surface area contributed by atoms with E-state index in [9.17, 15) is 4.79 Å². The van der Waals surface area contributed by atoms with Gasteiger partial charge in [-0.3, -0.25) is 0 Å². The van der Waals surface area contributed by atoms with E-state index in [0.717, 1.165) is 31.7 Å². The van der Waals surface area contributed by atoms with Crippen molar-refractivity contribution in [3.63, 3.8) is 0 Å². The molecule has 1 fully saturated rings. The number of rotatable bonds is 7. The molecule has 1 aliphatic rings. The quantitative estimate of drug-likeness (QED) is 0.734. The van der Waals surface area contributed by atoms with Gasteiger partial charge in [0.1, 0.15) is 0 Å². The number of carbonyl (C=O) groups is 1. The van der Waals surface area contributed by atoms with Gasteiger partial charge in [0.2, 0.25) is 0 Å². The lowest BCUT2D eigenvalue weighted by Crippen LogP contribution is -2.49. The molecule has 0 saturated heterocycles. The van der Waals surface area contributed by atoms with Crippen molar-refractivity contribution in [2.45, 2.75) is 32.2 Å². The molecule has 0 heterocycles. The summed E-state index contributed by atoms with van der Waals surface area (Å²) < 4.78 is 5.23. The van der Waals surface area contributed by atoms with Crippen LogP contribution in [0.1, 0.15) is 26.2 Å². The lowest BCUT2D eigenvalue weighted by Gasteiger charge is -2.41. The lowest BCUT2D eigenvalue weighted by atomic mass is 9.69. The molecule has 100 valence electrons. The van der Waals surface area contributed by atoms with Crippen molar-refractivity contribution in [1.82, 2.24) is 10.6 Å². The molecule has 5 heteroatoms. The summed E-state index contributed by atoms with van der Waals surface area (Å²) in [5.41, 5.74) is 0.189. The molecule has 0 aromatic carbocycles. The Balaban J connectivity index is 2.22. The van der Waals surface area contributed by atoms with Gasteiger partial charge in [-0.25, -0.2) is 4.79 Å². The Morgan fingerprint density at radius 3 is 2.71 bits per heavy atom. The maximum atomic E-state index is 11.6. The summed E-state index contributed by atoms with van der Waals surface area (Å²) in [6, 6.07) is 0.152. The van der Waals surface area contributed by atoms with Crippen LogP contribution in [0.2, 0.25) is 0 Å². The maximum Gasteiger partial charge on any atom is 0.315 e. The van der Waals surface area contributed by atoms with E-state index in [1.807, 2.05) is 13.2 Å². The van der Waals surface area contributed by atoms with Crippen LogP contribution in [-0.2, 0) is 4.74 Å². The van der Waals surface area contributed by atoms with Crippen molar-refractivity contribution in [2.75, 3.05) is 32.3 Å². The molecule has 1 atom stereocenters. The molecule has 0 aromatic heterocycles. The minimum absolute atomic E-state index is 0.0612. The standard InChI is InChI=1S/C12H24N2O2S/c1-10(7-17-3)14-11(15)13-8-12(9-16-2)5-4-6-12/h10H,4-9H2,1-3H3,(H2,13,14,15). The third-order valence-corrected chi connectivity index (χ3v) is 4.12. The van der Waals surface area contributed by atoms with Gasteiger partial charge in [-0.2, -0.15) is 11.8 Å². The van der Waals surface area contributed by atoms with Crippen molar-refractivity contribution in [3.05, 3.63) is 0 Å². The molecular weight excluding hydrogens is 236 g/mol. The first-order valence-corrected chi connectivity index (χ1v) is 7.53. The number of hydrogen-bond donors (Lipinski definition) is 2. The monoisotopic (exact) mass is 260 g/mol. The van der Waals surface area contributed by atoms with Crippen molar-refractivity contribution in [3.8, 4) is 0 Å². The Hall–Kier alpha value is -0.420. The second-order valence-electron chi connectivity index (χ2n) is 4.97. The predicted molar refractivity (Wildman–Crippen MR) is 72.5 cm³/mol. The first kappa shape index (κ1) is 14.6. The fourth-order valence-electron chi connectivity index (χ4n) is 2.19. The van der Waals surface area contributed by atoms with Gasteiger partial charge in [0, 0.05) is 30.9 Å². The summed E-state index contributed by atoms with van der Waals surface area (Å²) in [6.45, 7) is 3.48. The molecule has 4 nitrogen and oxygen atoms in total. The number of carbonyl (C=O) groups excluding carboxylic acids is 1. The second kappa shape index (κ2) is 7.11. The van der Waals surface area contributed by atoms with Gasteiger partial charge < -0.3 is 15.4 Å². The first-order valence-electron chi connectivity index (χ1n) is 6.14. The summed E-state index contributed by atoms with van der Waals surface area (Å²) in [4.78, 5) is 11.6. The highest BCUT2D eigenvalue weighted by Gasteiger charge is 2.37. The molecule has 1 rings (SSSR count). The highest BCUT2D eigenvalue weighted by Crippen LogP contribution is 2.40. The van der Waals surface area contributed by atoms with Crippen LogP contribution < -0.4 is 10.6 Å². The second-order valence-corrected chi connectivity index (χ2v) is 5.88. The molecule has 0 radical (unpaired) electrons. The smallest absolute Gasteiger partial charge is 0.315 e. The number of nitrogens with one attached hydrogen (secondary N) is 2. The Morgan fingerprint density at radius 2 is 2.24 bits per heavy atom. The van der Waals surface area contributed by atoms with Gasteiger partial charge in [-0.05, 0) is 26.0 Å². The van der Waals surface area contributed by atoms with Crippen molar-refractivity contribution in [2.24, 2.45) is 5.41 Å². The minimum atomic E-state index is -0.0612. The van der Waals surface area contributed by atoms with Gasteiger partial charge in [0.25, 0.3) is 0 Å². The Kier molecular flexibility index (Phi) is 6.12. The summed E-state index contributed by atoms with van der Waals surface area (Å²) >= 11 is 1.74. The van der Waals surface area contributed by atoms with Gasteiger partial charge in [0.15, 0.2) is 0 Å². The molecule has 0 spiro atoms. The van der Waals surface area contributed by atoms with E-state index in [0.29, 0.717) is 0 Å². The zero-order chi connectivity index (χ0) is 12.7. The van der Waals surface area contributed by atoms with Crippen LogP contribution >= 0.6 is 11.8 Å². The zero-order valence-corrected chi connectivity index (χ0v) is 11.9. The number of hydrogen-bond acceptors (Lipinski definition) is 3. The third-order valence-electron chi connectivity index (χ3n) is 3.28. The van der Waals surface area contributed by atoms with Gasteiger partial charge in [-0.15, -0.1) is 0 Å². The maximum absolute atomic E-state index is 11.6. The number of amides is 2. The third kappa shape index (κ3) is 4.76. The van der Waals surface area contributed by atoms with Crippen LogP contribution in [0.15, 0.2) is 0 Å². The number of methoxy groups -OCH3 is 1. The lowest BCUT2D eigenvalue weighted by molar-refractivity contribution is 0.0200. The van der Waals surface area contributed by atoms with Crippen LogP contribution in [0, 0.1) is 5.41 Å². The summed E-state index contributed by atoms with van der Waals surface area (Å²) in [5, 5.41) is 5.89. The summed E-state index contributed by atoms with van der Waals surface area (Å²) in [7, 11) is 1.72. The van der Waals surface area contributed by atoms with Gasteiger partial charge in [0.05, 0.1) is 6.61 Å². The first-order chi connectivity index (χ1) is 8.12. The summed E-state index contributed by atoms with van der Waals surface area (Å²) in [6.07, 6.45) is 5.59. The van der Waals surface area contributed by atoms with Crippen LogP contribution in [0.5, 0.6) is 0 Å². The summed E-state index contributed by atoms with van der Waals surface area (Å²) in [5.74, 6) is 0.941. The van der Waals surface area contributed by atoms with E-state index >= 15 is 0 Å². The number of ether oxygens (including phenoxy) is 1. The van der Waals surface area contributed by atoms with E-state index in [2.05, 4.69) is 10.6 Å². The van der Waals surface area contributed by atoms with E-state index in [4.69, 9.17) is 4.74 Å². The van der Waals surface area contributed by atoms with Gasteiger partial charge >= 0.3 is 6.03 Å². The van der Waals surface area contributed by atoms with Gasteiger partial charge in [-0.1, -0.05) is 6.42 Å². The normalized spacial score (nSPS) is 19.2. The molecule has 1 aliphatic carbocycles. The largest absolute Gasteiger partial charge is 0.384 e. The Bertz CT molecular complexity index is 245. The minimum Gasteiger partial charge on any atom is -0.384 e. The van der Waals surface area contributed by atoms with Crippen molar-refractivity contribution >= 4 is 17.8 Å². The zero-order valence-electron chi connectivity index (χ0n) is 11.0. The molecule has 1 unspecified atom stereocenters. The van der Waals surface area contributed by atoms with Crippen LogP contribution in [0.4, 0.5) is 4.79 Å². The Labute approximate surface area is 108 Å². The van der Waals surface area contributed by atoms with E-state index < -0.39 is 0 Å². The topological polar surface area (TPSA) is 50.4 Å². The number of thioether (sulfide) groups is 1. The molecule has 2 amide bonds. The van der Waals surface area contributed by atoms with E-state index in [1.54, 1.807) is 18.9 Å². The fourth-order valence-corrected chi connectivity index (χ4v) is 2.77. The molecule has 0 bridgehead atoms. The molecule has 0 aromatic rings. The van der Waals surface area contributed by atoms with E-state index in [-0.39, 0.29) is 17.5 Å². The highest BCUT2D eigenvalue weighted by molar-refractivity contribution is 7.98. The average Bonchev–Trinajstić information content (AvgIpc) is 2.22. The number of urea groups is 1. The fraction of sp³-hybridized carbons (Fsp3) is 0.917. The van der Waals surface area contributed by atoms with Crippen LogP contribution in [-0.4, -0.2) is 44.3 Å². The molecule has 0 aliphatic heterocycles. The Morgan fingerprint density at radius 1 is 1.53 bits per heavy atom. The molecular formula is C12H24N2O2S.